The summed E-state index contributed by atoms with van der Waals surface area (Å²) in [5.41, 5.74) is -0.195. The van der Waals surface area contributed by atoms with Gasteiger partial charge < -0.3 is 25.0 Å². The Balaban J connectivity index is 1.96. The number of methoxy groups -OCH3 is 1. The fourth-order valence-corrected chi connectivity index (χ4v) is 3.23. The number of carbonyl (C=O) groups is 2. The molecule has 0 bridgehead atoms. The molecule has 1 aromatic carbocycles. The molecule has 2 rings (SSSR count). The minimum absolute atomic E-state index is 0.269. The van der Waals surface area contributed by atoms with Crippen molar-refractivity contribution in [3.8, 4) is 5.75 Å². The van der Waals surface area contributed by atoms with Crippen molar-refractivity contribution in [2.45, 2.75) is 51.1 Å². The summed E-state index contributed by atoms with van der Waals surface area (Å²) >= 11 is 0. The highest BCUT2D eigenvalue weighted by molar-refractivity contribution is 6.01. The van der Waals surface area contributed by atoms with E-state index in [0.717, 1.165) is 12.1 Å². The maximum atomic E-state index is 12.6. The fourth-order valence-electron chi connectivity index (χ4n) is 3.23. The summed E-state index contributed by atoms with van der Waals surface area (Å²) in [5, 5.41) is 5.34. The van der Waals surface area contributed by atoms with Crippen LogP contribution in [0, 0.1) is 0 Å². The molecule has 1 aliphatic rings. The predicted molar refractivity (Wildman–Crippen MR) is 101 cm³/mol. The molecule has 0 spiro atoms. The van der Waals surface area contributed by atoms with E-state index in [9.17, 15) is 22.8 Å². The van der Waals surface area contributed by atoms with Gasteiger partial charge in [0.15, 0.2) is 0 Å². The van der Waals surface area contributed by atoms with E-state index in [2.05, 4.69) is 15.4 Å². The van der Waals surface area contributed by atoms with E-state index in [1.165, 1.54) is 17.0 Å². The van der Waals surface area contributed by atoms with E-state index < -0.39 is 35.7 Å². The van der Waals surface area contributed by atoms with Crippen LogP contribution in [0.3, 0.4) is 0 Å². The summed E-state index contributed by atoms with van der Waals surface area (Å²) in [6, 6.07) is 3.92. The second kappa shape index (κ2) is 9.34. The molecule has 162 valence electrons. The van der Waals surface area contributed by atoms with Crippen LogP contribution in [0.1, 0.15) is 33.1 Å². The molecule has 1 aliphatic heterocycles. The third kappa shape index (κ3) is 5.99. The first-order chi connectivity index (χ1) is 13.6. The summed E-state index contributed by atoms with van der Waals surface area (Å²) in [7, 11) is 1.58. The van der Waals surface area contributed by atoms with Gasteiger partial charge in [-0.2, -0.15) is 0 Å². The van der Waals surface area contributed by atoms with Crippen LogP contribution in [0.4, 0.5) is 23.7 Å². The maximum Gasteiger partial charge on any atom is 0.573 e. The topological polar surface area (TPSA) is 79.9 Å². The van der Waals surface area contributed by atoms with Crippen molar-refractivity contribution in [2.24, 2.45) is 0 Å². The average molecular weight is 417 g/mol. The first kappa shape index (κ1) is 22.8. The lowest BCUT2D eigenvalue weighted by Crippen LogP contribution is -2.50. The van der Waals surface area contributed by atoms with Crippen LogP contribution in [-0.4, -0.2) is 50.1 Å². The van der Waals surface area contributed by atoms with Crippen molar-refractivity contribution in [1.82, 2.24) is 10.6 Å². The lowest BCUT2D eigenvalue weighted by Gasteiger charge is -2.30. The molecule has 29 heavy (non-hydrogen) atoms. The summed E-state index contributed by atoms with van der Waals surface area (Å²) < 4.78 is 46.6. The number of ether oxygens (including phenoxy) is 2. The Hall–Kier alpha value is -2.49. The second-order valence-corrected chi connectivity index (χ2v) is 6.80. The summed E-state index contributed by atoms with van der Waals surface area (Å²) in [6.07, 6.45) is -3.04. The molecule has 3 amide bonds. The van der Waals surface area contributed by atoms with Gasteiger partial charge in [-0.1, -0.05) is 19.9 Å². The number of carbonyl (C=O) groups excluding carboxylic acids is 2. The van der Waals surface area contributed by atoms with Crippen LogP contribution in [0.25, 0.3) is 0 Å². The Morgan fingerprint density at radius 2 is 1.97 bits per heavy atom. The minimum atomic E-state index is -4.82. The van der Waals surface area contributed by atoms with Crippen LogP contribution in [0.15, 0.2) is 24.3 Å². The lowest BCUT2D eigenvalue weighted by atomic mass is 9.97. The Morgan fingerprint density at radius 3 is 2.55 bits per heavy atom. The molecular formula is C19H26F3N3O4. The van der Waals surface area contributed by atoms with Gasteiger partial charge in [-0.25, -0.2) is 4.79 Å². The maximum absolute atomic E-state index is 12.6. The zero-order valence-electron chi connectivity index (χ0n) is 16.6. The van der Waals surface area contributed by atoms with E-state index in [1.54, 1.807) is 7.11 Å². The Morgan fingerprint density at radius 1 is 1.28 bits per heavy atom. The Bertz CT molecular complexity index is 715. The molecule has 1 saturated heterocycles. The monoisotopic (exact) mass is 417 g/mol. The molecular weight excluding hydrogens is 391 g/mol. The number of urea groups is 1. The molecule has 1 unspecified atom stereocenters. The van der Waals surface area contributed by atoms with Crippen molar-refractivity contribution in [2.75, 3.05) is 25.1 Å². The van der Waals surface area contributed by atoms with Crippen molar-refractivity contribution in [3.63, 3.8) is 0 Å². The first-order valence-corrected chi connectivity index (χ1v) is 9.39. The standard InChI is InChI=1S/C19H26F3N3O4/c1-4-18(5-2,28-3)12-23-17(27)24-15-9-10-25(16(15)26)13-7-6-8-14(11-13)29-19(20,21)22/h6-8,11,15H,4-5,9-10,12H2,1-3H3,(H2,23,24,27). The number of benzene rings is 1. The molecule has 0 saturated carbocycles. The summed E-state index contributed by atoms with van der Waals surface area (Å²) in [4.78, 5) is 26.1. The number of amides is 3. The van der Waals surface area contributed by atoms with E-state index in [0.29, 0.717) is 25.8 Å². The van der Waals surface area contributed by atoms with Gasteiger partial charge in [0.2, 0.25) is 5.91 Å². The van der Waals surface area contributed by atoms with Crippen molar-refractivity contribution >= 4 is 17.6 Å². The number of anilines is 1. The SMILES string of the molecule is CCC(CC)(CNC(=O)NC1CCN(c2cccc(OC(F)(F)F)c2)C1=O)OC. The Kier molecular flexibility index (Phi) is 7.34. The number of hydrogen-bond acceptors (Lipinski definition) is 4. The van der Waals surface area contributed by atoms with Gasteiger partial charge in [-0.05, 0) is 31.4 Å². The summed E-state index contributed by atoms with van der Waals surface area (Å²) in [6.45, 7) is 4.48. The number of nitrogens with one attached hydrogen (secondary N) is 2. The van der Waals surface area contributed by atoms with Gasteiger partial charge in [0.1, 0.15) is 11.8 Å². The van der Waals surface area contributed by atoms with Crippen LogP contribution in [-0.2, 0) is 9.53 Å². The smallest absolute Gasteiger partial charge is 0.406 e. The van der Waals surface area contributed by atoms with Gasteiger partial charge >= 0.3 is 12.4 Å². The van der Waals surface area contributed by atoms with Crippen LogP contribution in [0.2, 0.25) is 0 Å². The second-order valence-electron chi connectivity index (χ2n) is 6.80. The average Bonchev–Trinajstić information content (AvgIpc) is 3.02. The quantitative estimate of drug-likeness (QED) is 0.681. The number of hydrogen-bond donors (Lipinski definition) is 2. The van der Waals surface area contributed by atoms with Gasteiger partial charge in [-0.3, -0.25) is 4.79 Å². The highest BCUT2D eigenvalue weighted by Gasteiger charge is 2.35. The first-order valence-electron chi connectivity index (χ1n) is 9.39. The van der Waals surface area contributed by atoms with E-state index in [4.69, 9.17) is 4.74 Å². The zero-order valence-corrected chi connectivity index (χ0v) is 16.6. The molecule has 7 nitrogen and oxygen atoms in total. The number of rotatable bonds is 8. The number of alkyl halides is 3. The molecule has 0 aliphatic carbocycles. The van der Waals surface area contributed by atoms with Gasteiger partial charge in [0.25, 0.3) is 0 Å². The van der Waals surface area contributed by atoms with Crippen molar-refractivity contribution < 1.29 is 32.2 Å². The molecule has 10 heteroatoms. The van der Waals surface area contributed by atoms with Crippen LogP contribution < -0.4 is 20.3 Å². The molecule has 1 aromatic rings. The van der Waals surface area contributed by atoms with E-state index in [1.807, 2.05) is 13.8 Å². The third-order valence-electron chi connectivity index (χ3n) is 5.17. The molecule has 1 heterocycles. The number of nitrogens with zero attached hydrogens (tertiary/aromatic N) is 1. The Labute approximate surface area is 167 Å². The lowest BCUT2D eigenvalue weighted by molar-refractivity contribution is -0.274. The van der Waals surface area contributed by atoms with Gasteiger partial charge in [0, 0.05) is 32.0 Å². The van der Waals surface area contributed by atoms with E-state index >= 15 is 0 Å². The number of halogens is 3. The molecule has 1 fully saturated rings. The minimum Gasteiger partial charge on any atom is -0.406 e. The van der Waals surface area contributed by atoms with Gasteiger partial charge in [-0.15, -0.1) is 13.2 Å². The molecule has 0 aromatic heterocycles. The van der Waals surface area contributed by atoms with E-state index in [-0.39, 0.29) is 12.2 Å². The van der Waals surface area contributed by atoms with Crippen molar-refractivity contribution in [1.29, 1.82) is 0 Å². The third-order valence-corrected chi connectivity index (χ3v) is 5.17. The fraction of sp³-hybridized carbons (Fsp3) is 0.579. The summed E-state index contributed by atoms with van der Waals surface area (Å²) in [5.74, 6) is -0.805. The van der Waals surface area contributed by atoms with Crippen LogP contribution >= 0.6 is 0 Å². The normalized spacial score (nSPS) is 17.4. The predicted octanol–water partition coefficient (Wildman–Crippen LogP) is 3.19. The van der Waals surface area contributed by atoms with Crippen LogP contribution in [0.5, 0.6) is 5.75 Å². The largest absolute Gasteiger partial charge is 0.573 e. The highest BCUT2D eigenvalue weighted by Crippen LogP contribution is 2.29. The molecule has 2 N–H and O–H groups in total. The molecule has 1 atom stereocenters. The molecule has 0 radical (unpaired) electrons. The van der Waals surface area contributed by atoms with Crippen molar-refractivity contribution in [3.05, 3.63) is 24.3 Å². The van der Waals surface area contributed by atoms with Gasteiger partial charge in [0.05, 0.1) is 5.60 Å². The highest BCUT2D eigenvalue weighted by atomic mass is 19.4. The zero-order chi connectivity index (χ0) is 21.7.